The maximum atomic E-state index is 12.3. The second-order valence-corrected chi connectivity index (χ2v) is 6.59. The molecule has 1 atom stereocenters. The number of nitrogens with two attached hydrogens (primary N) is 1. The quantitative estimate of drug-likeness (QED) is 0.230. The summed E-state index contributed by atoms with van der Waals surface area (Å²) in [5, 5.41) is 15.2. The molecular formula is C22H31ClN2O5. The predicted octanol–water partition coefficient (Wildman–Crippen LogP) is -2.13. The summed E-state index contributed by atoms with van der Waals surface area (Å²) in [4.78, 5) is 12.3. The molecule has 0 aliphatic heterocycles. The zero-order chi connectivity index (χ0) is 20.9. The molecule has 8 heteroatoms. The van der Waals surface area contributed by atoms with Crippen LogP contribution in [0.5, 0.6) is 17.2 Å². The number of rotatable bonds is 14. The fourth-order valence-electron chi connectivity index (χ4n) is 2.77. The lowest BCUT2D eigenvalue weighted by molar-refractivity contribution is -0.651. The lowest BCUT2D eigenvalue weighted by atomic mass is 10.1. The second-order valence-electron chi connectivity index (χ2n) is 6.59. The number of quaternary nitrogens is 1. The Morgan fingerprint density at radius 1 is 1.07 bits per heavy atom. The molecule has 0 heterocycles. The highest BCUT2D eigenvalue weighted by molar-refractivity contribution is 5.96. The molecule has 0 spiro atoms. The average molecular weight is 439 g/mol. The molecular weight excluding hydrogens is 408 g/mol. The van der Waals surface area contributed by atoms with E-state index >= 15 is 0 Å². The summed E-state index contributed by atoms with van der Waals surface area (Å²) >= 11 is 0. The molecule has 0 fully saturated rings. The minimum atomic E-state index is -0.568. The van der Waals surface area contributed by atoms with Gasteiger partial charge in [0.1, 0.15) is 18.5 Å². The third-order valence-corrected chi connectivity index (χ3v) is 4.37. The molecule has 7 nitrogen and oxygen atoms in total. The third kappa shape index (κ3) is 9.00. The normalized spacial score (nSPS) is 11.3. The summed E-state index contributed by atoms with van der Waals surface area (Å²) < 4.78 is 15.9. The molecule has 0 bridgehead atoms. The molecule has 0 aromatic heterocycles. The van der Waals surface area contributed by atoms with E-state index in [1.54, 1.807) is 32.4 Å². The van der Waals surface area contributed by atoms with E-state index in [0.717, 1.165) is 18.8 Å². The van der Waals surface area contributed by atoms with Crippen molar-refractivity contribution in [2.75, 3.05) is 47.0 Å². The largest absolute Gasteiger partial charge is 1.00 e. The minimum absolute atomic E-state index is 0. The third-order valence-electron chi connectivity index (χ3n) is 4.37. The van der Waals surface area contributed by atoms with Crippen molar-refractivity contribution in [2.24, 2.45) is 0 Å². The Balaban J connectivity index is 0.00000450. The molecule has 2 aromatic carbocycles. The minimum Gasteiger partial charge on any atom is -1.00 e. The van der Waals surface area contributed by atoms with Crippen LogP contribution in [0.1, 0.15) is 16.8 Å². The second kappa shape index (κ2) is 14.6. The molecule has 0 saturated heterocycles. The molecule has 1 unspecified atom stereocenters. The van der Waals surface area contributed by atoms with Gasteiger partial charge in [-0.15, -0.1) is 0 Å². The lowest BCUT2D eigenvalue weighted by Crippen LogP contribution is -3.00. The van der Waals surface area contributed by atoms with Crippen LogP contribution < -0.4 is 37.3 Å². The lowest BCUT2D eigenvalue weighted by Gasteiger charge is -2.13. The summed E-state index contributed by atoms with van der Waals surface area (Å²) in [6.07, 6.45) is -0.120. The smallest absolute Gasteiger partial charge is 0.168 e. The monoisotopic (exact) mass is 438 g/mol. The Morgan fingerprint density at radius 3 is 2.50 bits per heavy atom. The Bertz CT molecular complexity index is 746. The first-order valence-corrected chi connectivity index (χ1v) is 9.77. The molecule has 30 heavy (non-hydrogen) atoms. The van der Waals surface area contributed by atoms with Crippen molar-refractivity contribution in [3.8, 4) is 17.2 Å². The van der Waals surface area contributed by atoms with Crippen molar-refractivity contribution in [2.45, 2.75) is 12.5 Å². The van der Waals surface area contributed by atoms with E-state index in [1.807, 2.05) is 30.3 Å². The number of ether oxygens (including phenoxy) is 3. The first kappa shape index (κ1) is 25.7. The number of aliphatic hydroxyl groups excluding tert-OH is 1. The first-order valence-electron chi connectivity index (χ1n) is 9.77. The number of aliphatic hydroxyl groups is 1. The van der Waals surface area contributed by atoms with Crippen molar-refractivity contribution >= 4 is 5.78 Å². The van der Waals surface area contributed by atoms with Crippen molar-refractivity contribution in [3.05, 3.63) is 54.1 Å². The van der Waals surface area contributed by atoms with Gasteiger partial charge in [-0.1, -0.05) is 18.2 Å². The number of carbonyl (C=O) groups excluding carboxylic acids is 1. The van der Waals surface area contributed by atoms with Gasteiger partial charge in [0.2, 0.25) is 0 Å². The molecule has 166 valence electrons. The van der Waals surface area contributed by atoms with Crippen molar-refractivity contribution in [1.29, 1.82) is 0 Å². The van der Waals surface area contributed by atoms with E-state index in [0.29, 0.717) is 36.6 Å². The number of hydrogen-bond donors (Lipinski definition) is 3. The number of nitrogens with one attached hydrogen (secondary N) is 1. The van der Waals surface area contributed by atoms with Crippen LogP contribution in [0.3, 0.4) is 0 Å². The summed E-state index contributed by atoms with van der Waals surface area (Å²) in [6.45, 7) is 2.98. The highest BCUT2D eigenvalue weighted by Gasteiger charge is 2.11. The van der Waals surface area contributed by atoms with Crippen LogP contribution in [-0.2, 0) is 0 Å². The number of carbonyl (C=O) groups is 1. The zero-order valence-electron chi connectivity index (χ0n) is 17.5. The molecule has 0 aliphatic rings. The molecule has 0 amide bonds. The number of ketones is 1. The average Bonchev–Trinajstić information content (AvgIpc) is 2.77. The molecule has 4 N–H and O–H groups in total. The highest BCUT2D eigenvalue weighted by Crippen LogP contribution is 2.27. The molecule has 0 aliphatic carbocycles. The SMILES string of the molecule is COc1ccc(C(=O)CC[NH2+]CCNCC(O)COc2ccccc2)cc1OC.[Cl-]. The fraction of sp³-hybridized carbons (Fsp3) is 0.409. The number of methoxy groups -OCH3 is 2. The first-order chi connectivity index (χ1) is 14.1. The molecule has 2 aromatic rings. The van der Waals surface area contributed by atoms with Crippen LogP contribution >= 0.6 is 0 Å². The van der Waals surface area contributed by atoms with Gasteiger partial charge in [0.05, 0.1) is 33.7 Å². The predicted molar refractivity (Wildman–Crippen MR) is 111 cm³/mol. The van der Waals surface area contributed by atoms with Crippen LogP contribution in [0.2, 0.25) is 0 Å². The van der Waals surface area contributed by atoms with Crippen LogP contribution in [0.4, 0.5) is 0 Å². The van der Waals surface area contributed by atoms with Crippen LogP contribution in [0.25, 0.3) is 0 Å². The van der Waals surface area contributed by atoms with E-state index in [2.05, 4.69) is 10.6 Å². The number of Topliss-reactive ketones (excluding diaryl/α,β-unsaturated/α-hetero) is 1. The molecule has 0 radical (unpaired) electrons. The molecule has 0 saturated carbocycles. The Hall–Kier alpha value is -2.32. The zero-order valence-corrected chi connectivity index (χ0v) is 18.2. The molecule has 2 rings (SSSR count). The van der Waals surface area contributed by atoms with Gasteiger partial charge in [-0.05, 0) is 30.3 Å². The number of hydrogen-bond acceptors (Lipinski definition) is 6. The highest BCUT2D eigenvalue weighted by atomic mass is 35.5. The summed E-state index contributed by atoms with van der Waals surface area (Å²) in [5.41, 5.74) is 0.621. The van der Waals surface area contributed by atoms with Gasteiger partial charge < -0.3 is 42.4 Å². The summed E-state index contributed by atoms with van der Waals surface area (Å²) in [6, 6.07) is 14.6. The number of halogens is 1. The summed E-state index contributed by atoms with van der Waals surface area (Å²) in [5.74, 6) is 1.99. The fourth-order valence-corrected chi connectivity index (χ4v) is 2.77. The van der Waals surface area contributed by atoms with E-state index in [4.69, 9.17) is 14.2 Å². The van der Waals surface area contributed by atoms with Gasteiger partial charge in [-0.25, -0.2) is 0 Å². The van der Waals surface area contributed by atoms with Crippen LogP contribution in [0, 0.1) is 0 Å². The maximum Gasteiger partial charge on any atom is 0.168 e. The van der Waals surface area contributed by atoms with E-state index in [9.17, 15) is 9.90 Å². The van der Waals surface area contributed by atoms with Crippen molar-refractivity contribution in [1.82, 2.24) is 5.32 Å². The van der Waals surface area contributed by atoms with Gasteiger partial charge in [0.15, 0.2) is 17.3 Å². The van der Waals surface area contributed by atoms with Gasteiger partial charge in [0.25, 0.3) is 0 Å². The van der Waals surface area contributed by atoms with E-state index < -0.39 is 6.10 Å². The van der Waals surface area contributed by atoms with Crippen molar-refractivity contribution < 1.29 is 41.8 Å². The van der Waals surface area contributed by atoms with Gasteiger partial charge >= 0.3 is 0 Å². The topological polar surface area (TPSA) is 93.6 Å². The summed E-state index contributed by atoms with van der Waals surface area (Å²) in [7, 11) is 3.12. The van der Waals surface area contributed by atoms with Crippen LogP contribution in [0.15, 0.2) is 48.5 Å². The Kier molecular flexibility index (Phi) is 12.5. The Labute approximate surface area is 184 Å². The van der Waals surface area contributed by atoms with Gasteiger partial charge in [0, 0.05) is 18.7 Å². The Morgan fingerprint density at radius 2 is 1.80 bits per heavy atom. The van der Waals surface area contributed by atoms with Crippen molar-refractivity contribution in [3.63, 3.8) is 0 Å². The van der Waals surface area contributed by atoms with E-state index in [1.165, 1.54) is 0 Å². The van der Waals surface area contributed by atoms with Gasteiger partial charge in [-0.2, -0.15) is 0 Å². The number of para-hydroxylation sites is 1. The van der Waals surface area contributed by atoms with E-state index in [-0.39, 0.29) is 24.8 Å². The standard InChI is InChI=1S/C22H30N2O5.ClH/c1-27-21-9-8-17(14-22(21)28-2)20(26)10-11-23-12-13-24-15-18(25)16-29-19-6-4-3-5-7-19;/h3-9,14,18,23-25H,10-13,15-16H2,1-2H3;1H. The van der Waals surface area contributed by atoms with Crippen LogP contribution in [-0.4, -0.2) is 64.0 Å². The van der Waals surface area contributed by atoms with Gasteiger partial charge in [-0.3, -0.25) is 4.79 Å². The number of benzene rings is 2. The maximum absolute atomic E-state index is 12.3.